The van der Waals surface area contributed by atoms with Gasteiger partial charge in [0.2, 0.25) is 0 Å². The predicted octanol–water partition coefficient (Wildman–Crippen LogP) is 3.25. The van der Waals surface area contributed by atoms with E-state index < -0.39 is 17.2 Å². The van der Waals surface area contributed by atoms with Crippen LogP contribution < -0.4 is 0 Å². The van der Waals surface area contributed by atoms with Crippen molar-refractivity contribution >= 4 is 0 Å². The molecule has 1 aromatic rings. The lowest BCUT2D eigenvalue weighted by molar-refractivity contribution is 0.0140. The van der Waals surface area contributed by atoms with Gasteiger partial charge in [0, 0.05) is 23.7 Å². The summed E-state index contributed by atoms with van der Waals surface area (Å²) in [6.45, 7) is 7.37. The smallest absolute Gasteiger partial charge is 0.132 e. The van der Waals surface area contributed by atoms with Crippen molar-refractivity contribution < 1.29 is 18.3 Å². The maximum absolute atomic E-state index is 13.9. The molecule has 0 bridgehead atoms. The summed E-state index contributed by atoms with van der Waals surface area (Å²) >= 11 is 0. The zero-order valence-electron chi connectivity index (χ0n) is 10.9. The fraction of sp³-hybridized carbons (Fsp3) is 0.571. The Kier molecular flexibility index (Phi) is 3.43. The Bertz CT molecular complexity index is 439. The average molecular weight is 256 g/mol. The summed E-state index contributed by atoms with van der Waals surface area (Å²) < 4.78 is 37.8. The van der Waals surface area contributed by atoms with Gasteiger partial charge < -0.3 is 9.47 Å². The second kappa shape index (κ2) is 4.59. The summed E-state index contributed by atoms with van der Waals surface area (Å²) in [6.07, 6.45) is 0. The Morgan fingerprint density at radius 1 is 1.39 bits per heavy atom. The number of epoxide rings is 1. The topological polar surface area (TPSA) is 21.8 Å². The molecule has 2 rings (SSSR count). The number of rotatable bonds is 5. The van der Waals surface area contributed by atoms with Crippen molar-refractivity contribution in [3.63, 3.8) is 0 Å². The van der Waals surface area contributed by atoms with E-state index in [4.69, 9.17) is 9.47 Å². The number of hydrogen-bond acceptors (Lipinski definition) is 2. The molecule has 1 unspecified atom stereocenters. The van der Waals surface area contributed by atoms with Crippen molar-refractivity contribution in [1.29, 1.82) is 0 Å². The van der Waals surface area contributed by atoms with Gasteiger partial charge in [-0.3, -0.25) is 0 Å². The fourth-order valence-corrected chi connectivity index (χ4v) is 2.27. The van der Waals surface area contributed by atoms with E-state index in [2.05, 4.69) is 0 Å². The quantitative estimate of drug-likeness (QED) is 0.754. The maximum Gasteiger partial charge on any atom is 0.132 e. The first-order valence-electron chi connectivity index (χ1n) is 6.10. The van der Waals surface area contributed by atoms with Crippen molar-refractivity contribution in [3.05, 3.63) is 35.4 Å². The highest BCUT2D eigenvalue weighted by Gasteiger charge is 2.59. The average Bonchev–Trinajstić information content (AvgIpc) is 3.08. The summed E-state index contributed by atoms with van der Waals surface area (Å²) in [7, 11) is 0. The molecule has 0 amide bonds. The fourth-order valence-electron chi connectivity index (χ4n) is 2.27. The van der Waals surface area contributed by atoms with Crippen LogP contribution in [0.1, 0.15) is 26.3 Å². The Morgan fingerprint density at radius 3 is 2.56 bits per heavy atom. The van der Waals surface area contributed by atoms with Crippen LogP contribution in [0.2, 0.25) is 0 Å². The molecule has 18 heavy (non-hydrogen) atoms. The van der Waals surface area contributed by atoms with Gasteiger partial charge in [-0.15, -0.1) is 0 Å². The van der Waals surface area contributed by atoms with E-state index in [9.17, 15) is 8.78 Å². The molecule has 0 radical (unpaired) electrons. The minimum absolute atomic E-state index is 0.359. The molecule has 1 fully saturated rings. The third kappa shape index (κ3) is 2.15. The second-order valence-corrected chi connectivity index (χ2v) is 5.26. The SMILES string of the molecule is CCOCC(C)(C)C1(c2ccc(F)cc2F)CO1. The minimum atomic E-state index is -0.694. The maximum atomic E-state index is 13.9. The lowest BCUT2D eigenvalue weighted by Gasteiger charge is -2.32. The van der Waals surface area contributed by atoms with Gasteiger partial charge in [0.1, 0.15) is 17.2 Å². The third-order valence-electron chi connectivity index (χ3n) is 3.56. The molecule has 1 aromatic carbocycles. The first-order chi connectivity index (χ1) is 8.43. The highest BCUT2D eigenvalue weighted by atomic mass is 19.1. The Labute approximate surface area is 106 Å². The standard InChI is InChI=1S/C14H18F2O2/c1-4-17-8-13(2,3)14(9-18-14)11-6-5-10(15)7-12(11)16/h5-7H,4,8-9H2,1-3H3. The molecule has 1 aliphatic heterocycles. The van der Waals surface area contributed by atoms with Gasteiger partial charge in [-0.05, 0) is 13.0 Å². The molecule has 0 spiro atoms. The molecule has 100 valence electrons. The van der Waals surface area contributed by atoms with Crippen molar-refractivity contribution in [2.24, 2.45) is 5.41 Å². The molecular formula is C14H18F2O2. The van der Waals surface area contributed by atoms with Gasteiger partial charge in [0.05, 0.1) is 13.2 Å². The van der Waals surface area contributed by atoms with Gasteiger partial charge in [-0.25, -0.2) is 8.78 Å². The molecule has 2 nitrogen and oxygen atoms in total. The van der Waals surface area contributed by atoms with Gasteiger partial charge >= 0.3 is 0 Å². The number of ether oxygens (including phenoxy) is 2. The van der Waals surface area contributed by atoms with Crippen LogP contribution in [-0.2, 0) is 15.1 Å². The number of benzene rings is 1. The lowest BCUT2D eigenvalue weighted by Crippen LogP contribution is -2.36. The highest BCUT2D eigenvalue weighted by molar-refractivity contribution is 5.31. The van der Waals surface area contributed by atoms with Crippen LogP contribution in [0.15, 0.2) is 18.2 Å². The predicted molar refractivity (Wildman–Crippen MR) is 64.3 cm³/mol. The number of halogens is 2. The molecule has 4 heteroatoms. The summed E-state index contributed by atoms with van der Waals surface area (Å²) in [5, 5.41) is 0. The summed E-state index contributed by atoms with van der Waals surface area (Å²) in [5.74, 6) is -1.13. The molecule has 0 aromatic heterocycles. The highest BCUT2D eigenvalue weighted by Crippen LogP contribution is 2.53. The van der Waals surface area contributed by atoms with E-state index in [1.165, 1.54) is 12.1 Å². The van der Waals surface area contributed by atoms with Crippen LogP contribution in [0, 0.1) is 17.0 Å². The molecule has 1 saturated heterocycles. The van der Waals surface area contributed by atoms with Crippen LogP contribution in [-0.4, -0.2) is 19.8 Å². The van der Waals surface area contributed by atoms with Crippen LogP contribution in [0.25, 0.3) is 0 Å². The second-order valence-electron chi connectivity index (χ2n) is 5.26. The van der Waals surface area contributed by atoms with Gasteiger partial charge in [0.15, 0.2) is 0 Å². The zero-order valence-corrected chi connectivity index (χ0v) is 10.9. The Balaban J connectivity index is 2.31. The first kappa shape index (κ1) is 13.4. The molecular weight excluding hydrogens is 238 g/mol. The number of hydrogen-bond donors (Lipinski definition) is 0. The van der Waals surface area contributed by atoms with E-state index in [0.717, 1.165) is 6.07 Å². The Hall–Kier alpha value is -1.00. The first-order valence-corrected chi connectivity index (χ1v) is 6.10. The monoisotopic (exact) mass is 256 g/mol. The molecule has 1 heterocycles. The largest absolute Gasteiger partial charge is 0.381 e. The molecule has 1 aliphatic rings. The van der Waals surface area contributed by atoms with Crippen LogP contribution in [0.3, 0.4) is 0 Å². The van der Waals surface area contributed by atoms with E-state index in [1.807, 2.05) is 20.8 Å². The molecule has 0 saturated carbocycles. The Morgan fingerprint density at radius 2 is 2.06 bits per heavy atom. The lowest BCUT2D eigenvalue weighted by atomic mass is 9.75. The summed E-state index contributed by atoms with van der Waals surface area (Å²) in [5.41, 5.74) is -0.643. The minimum Gasteiger partial charge on any atom is -0.381 e. The van der Waals surface area contributed by atoms with Crippen molar-refractivity contribution in [2.45, 2.75) is 26.4 Å². The van der Waals surface area contributed by atoms with Gasteiger partial charge in [-0.2, -0.15) is 0 Å². The van der Waals surface area contributed by atoms with E-state index in [0.29, 0.717) is 25.4 Å². The van der Waals surface area contributed by atoms with Crippen molar-refractivity contribution in [3.8, 4) is 0 Å². The molecule has 0 aliphatic carbocycles. The molecule has 0 N–H and O–H groups in total. The van der Waals surface area contributed by atoms with Gasteiger partial charge in [0.25, 0.3) is 0 Å². The van der Waals surface area contributed by atoms with E-state index >= 15 is 0 Å². The summed E-state index contributed by atoms with van der Waals surface area (Å²) in [6, 6.07) is 3.62. The third-order valence-corrected chi connectivity index (χ3v) is 3.56. The van der Waals surface area contributed by atoms with Crippen molar-refractivity contribution in [2.75, 3.05) is 19.8 Å². The van der Waals surface area contributed by atoms with Crippen LogP contribution in [0.4, 0.5) is 8.78 Å². The zero-order chi connectivity index (χ0) is 13.4. The van der Waals surface area contributed by atoms with Gasteiger partial charge in [-0.1, -0.05) is 19.9 Å². The summed E-state index contributed by atoms with van der Waals surface area (Å²) in [4.78, 5) is 0. The van der Waals surface area contributed by atoms with Crippen LogP contribution >= 0.6 is 0 Å². The van der Waals surface area contributed by atoms with Crippen molar-refractivity contribution in [1.82, 2.24) is 0 Å². The van der Waals surface area contributed by atoms with E-state index in [1.54, 1.807) is 0 Å². The van der Waals surface area contributed by atoms with Crippen LogP contribution in [0.5, 0.6) is 0 Å². The molecule has 1 atom stereocenters. The van der Waals surface area contributed by atoms with E-state index in [-0.39, 0.29) is 5.41 Å². The normalized spacial score (nSPS) is 23.2.